The third-order valence-corrected chi connectivity index (χ3v) is 11.6. The number of rotatable bonds is 19. The Bertz CT molecular complexity index is 2190. The molecule has 3 atom stereocenters. The Balaban J connectivity index is 1.66. The molecule has 1 amide bonds. The number of carbonyl (C=O) groups is 3. The number of nitrogens with zero attached hydrogens (tertiary/aromatic N) is 2. The zero-order chi connectivity index (χ0) is 41.2. The third kappa shape index (κ3) is 10.2. The summed E-state index contributed by atoms with van der Waals surface area (Å²) in [5.41, 5.74) is 18.8. The molecule has 304 valence electrons. The molecule has 0 fully saturated rings. The average Bonchev–Trinajstić information content (AvgIpc) is 3.86. The summed E-state index contributed by atoms with van der Waals surface area (Å²) in [6, 6.07) is 7.53. The maximum absolute atomic E-state index is 13.1. The van der Waals surface area contributed by atoms with E-state index in [1.165, 1.54) is 7.11 Å². The lowest BCUT2D eigenvalue weighted by molar-refractivity contribution is -0.141. The molecule has 5 heterocycles. The minimum atomic E-state index is -1.02. The molecule has 57 heavy (non-hydrogen) atoms. The molecule has 11 nitrogen and oxygen atoms in total. The van der Waals surface area contributed by atoms with Crippen LogP contribution in [0.15, 0.2) is 37.4 Å². The van der Waals surface area contributed by atoms with Crippen molar-refractivity contribution in [3.63, 3.8) is 0 Å². The van der Waals surface area contributed by atoms with E-state index >= 15 is 0 Å². The number of hydrogen-bond acceptors (Lipinski definition) is 7. The summed E-state index contributed by atoms with van der Waals surface area (Å²) in [7, 11) is 1.43. The molecule has 11 heteroatoms. The van der Waals surface area contributed by atoms with Crippen LogP contribution in [0.4, 0.5) is 0 Å². The molecule has 6 N–H and O–H groups in total. The van der Waals surface area contributed by atoms with E-state index in [1.54, 1.807) is 0 Å². The third-order valence-electron chi connectivity index (χ3n) is 11.6. The van der Waals surface area contributed by atoms with Crippen molar-refractivity contribution in [2.45, 2.75) is 123 Å². The second kappa shape index (κ2) is 19.7. The lowest BCUT2D eigenvalue weighted by Crippen LogP contribution is -2.30. The maximum atomic E-state index is 13.1. The largest absolute Gasteiger partial charge is 0.480 e. The molecule has 3 aromatic heterocycles. The number of amides is 1. The smallest absolute Gasteiger partial charge is 0.320 e. The number of H-pyrrole nitrogens is 2. The molecular formula is C46H60N6O5. The summed E-state index contributed by atoms with van der Waals surface area (Å²) in [5.74, 6) is -1.31. The SMILES string of the molecule is C=Cc1c(C)c2cc3[nH]c(cc4nc(cc5nc(cc1[nH]2)C(C)=C5CCC(=O)NCCCC[C@H](N)C(=O)O)C(CCC(=O)OC)C4CCCCCC)c(C)c3C=C. The number of carboxylic acid groups (broad SMARTS) is 1. The summed E-state index contributed by atoms with van der Waals surface area (Å²) < 4.78 is 5.10. The van der Waals surface area contributed by atoms with E-state index < -0.39 is 12.0 Å². The Morgan fingerprint density at radius 2 is 1.49 bits per heavy atom. The highest BCUT2D eigenvalue weighted by atomic mass is 16.5. The molecular weight excluding hydrogens is 717 g/mol. The van der Waals surface area contributed by atoms with Crippen molar-refractivity contribution >= 4 is 63.2 Å². The fourth-order valence-corrected chi connectivity index (χ4v) is 8.16. The number of unbranched alkanes of at least 4 members (excludes halogenated alkanes) is 4. The van der Waals surface area contributed by atoms with Gasteiger partial charge in [-0.2, -0.15) is 0 Å². The maximum Gasteiger partial charge on any atom is 0.320 e. The van der Waals surface area contributed by atoms with Gasteiger partial charge in [0.25, 0.3) is 0 Å². The first-order valence-electron chi connectivity index (χ1n) is 20.4. The minimum absolute atomic E-state index is 0.0387. The molecule has 2 aliphatic heterocycles. The van der Waals surface area contributed by atoms with Crippen LogP contribution in [-0.2, 0) is 19.1 Å². The van der Waals surface area contributed by atoms with Gasteiger partial charge in [-0.15, -0.1) is 0 Å². The van der Waals surface area contributed by atoms with Gasteiger partial charge in [-0.3, -0.25) is 19.4 Å². The van der Waals surface area contributed by atoms with E-state index in [1.807, 2.05) is 19.1 Å². The highest BCUT2D eigenvalue weighted by Crippen LogP contribution is 2.44. The van der Waals surface area contributed by atoms with Crippen LogP contribution < -0.4 is 11.1 Å². The average molecular weight is 777 g/mol. The van der Waals surface area contributed by atoms with Crippen LogP contribution in [0, 0.1) is 13.8 Å². The lowest BCUT2D eigenvalue weighted by atomic mass is 9.82. The van der Waals surface area contributed by atoms with Crippen LogP contribution in [0.5, 0.6) is 0 Å². The number of hydrogen-bond donors (Lipinski definition) is 5. The standard InChI is InChI=1S/C46H60N6O5/c1-8-11-12-13-16-33-34(19-21-45(54)57-7)43-26-41-32(18-20-44(53)48-22-15-14-17-35(47)46(55)56)29(6)38(51-41)24-40-30(9-2)27(4)36(49-40)23-39-31(10-3)28(5)37(50-39)25-42(33)52-43/h9-10,23-26,33-35,49-50H,2-3,8,11-22,47H2,1,4-7H3,(H,48,53)(H,55,56)/t33?,34?,35-/m0/s1. The molecule has 2 aliphatic rings. The molecule has 0 radical (unpaired) electrons. The first-order valence-corrected chi connectivity index (χ1v) is 20.4. The number of aryl methyl sites for hydroxylation is 2. The van der Waals surface area contributed by atoms with Gasteiger partial charge in [0.05, 0.1) is 18.5 Å². The second-order valence-corrected chi connectivity index (χ2v) is 15.4. The Kier molecular flexibility index (Phi) is 14.8. The van der Waals surface area contributed by atoms with Gasteiger partial charge in [-0.1, -0.05) is 57.9 Å². The van der Waals surface area contributed by atoms with Crippen molar-refractivity contribution in [3.8, 4) is 0 Å². The van der Waals surface area contributed by atoms with Crippen LogP contribution in [0.2, 0.25) is 0 Å². The fourth-order valence-electron chi connectivity index (χ4n) is 8.16. The molecule has 0 saturated carbocycles. The summed E-state index contributed by atoms with van der Waals surface area (Å²) >= 11 is 0. The number of ether oxygens (including phenoxy) is 1. The van der Waals surface area contributed by atoms with Gasteiger partial charge in [0.1, 0.15) is 6.04 Å². The quantitative estimate of drug-likeness (QED) is 0.0591. The number of nitrogens with two attached hydrogens (primary N) is 1. The number of esters is 1. The van der Waals surface area contributed by atoms with E-state index in [4.69, 9.17) is 25.5 Å². The summed E-state index contributed by atoms with van der Waals surface area (Å²) in [4.78, 5) is 54.7. The lowest BCUT2D eigenvalue weighted by Gasteiger charge is -2.20. The molecule has 0 spiro atoms. The van der Waals surface area contributed by atoms with Gasteiger partial charge in [0.2, 0.25) is 5.91 Å². The molecule has 5 rings (SSSR count). The van der Waals surface area contributed by atoms with Crippen LogP contribution in [0.3, 0.4) is 0 Å². The van der Waals surface area contributed by atoms with Gasteiger partial charge in [0.15, 0.2) is 0 Å². The monoisotopic (exact) mass is 776 g/mol. The van der Waals surface area contributed by atoms with Crippen molar-refractivity contribution in [2.24, 2.45) is 5.73 Å². The Hall–Kier alpha value is -5.29. The van der Waals surface area contributed by atoms with Crippen LogP contribution >= 0.6 is 0 Å². The van der Waals surface area contributed by atoms with Crippen LogP contribution in [0.25, 0.3) is 45.4 Å². The Labute approximate surface area is 336 Å². The van der Waals surface area contributed by atoms with Gasteiger partial charge in [-0.25, -0.2) is 4.98 Å². The predicted octanol–water partition coefficient (Wildman–Crippen LogP) is 9.42. The molecule has 0 aliphatic carbocycles. The van der Waals surface area contributed by atoms with Crippen molar-refractivity contribution in [1.29, 1.82) is 0 Å². The number of nitrogens with one attached hydrogen (secondary N) is 3. The first kappa shape index (κ1) is 42.8. The topological polar surface area (TPSA) is 176 Å². The molecule has 8 bridgehead atoms. The highest BCUT2D eigenvalue weighted by Gasteiger charge is 2.33. The van der Waals surface area contributed by atoms with E-state index in [-0.39, 0.29) is 36.6 Å². The fraction of sp³-hybridized carbons (Fsp3) is 0.457. The summed E-state index contributed by atoms with van der Waals surface area (Å²) in [6.45, 7) is 17.2. The predicted molar refractivity (Wildman–Crippen MR) is 230 cm³/mol. The van der Waals surface area contributed by atoms with E-state index in [2.05, 4.69) is 73.5 Å². The van der Waals surface area contributed by atoms with Crippen LogP contribution in [0.1, 0.15) is 148 Å². The zero-order valence-corrected chi connectivity index (χ0v) is 34.4. The van der Waals surface area contributed by atoms with Gasteiger partial charge >= 0.3 is 11.9 Å². The number of carboxylic acids is 1. The van der Waals surface area contributed by atoms with Crippen molar-refractivity contribution in [3.05, 3.63) is 82.5 Å². The van der Waals surface area contributed by atoms with E-state index in [0.29, 0.717) is 38.6 Å². The summed E-state index contributed by atoms with van der Waals surface area (Å²) in [6.07, 6.45) is 12.3. The van der Waals surface area contributed by atoms with Crippen molar-refractivity contribution < 1.29 is 24.2 Å². The Morgan fingerprint density at radius 3 is 2.14 bits per heavy atom. The highest BCUT2D eigenvalue weighted by molar-refractivity contribution is 5.94. The number of aromatic nitrogens is 4. The number of carbonyl (C=O) groups excluding carboxylic acids is 2. The summed E-state index contributed by atoms with van der Waals surface area (Å²) in [5, 5.41) is 12.0. The minimum Gasteiger partial charge on any atom is -0.480 e. The van der Waals surface area contributed by atoms with Crippen molar-refractivity contribution in [2.75, 3.05) is 13.7 Å². The number of aromatic amines is 2. The van der Waals surface area contributed by atoms with Gasteiger partial charge in [0, 0.05) is 75.8 Å². The first-order chi connectivity index (χ1) is 27.4. The normalized spacial score (nSPS) is 15.7. The zero-order valence-electron chi connectivity index (χ0n) is 34.4. The van der Waals surface area contributed by atoms with E-state index in [0.717, 1.165) is 110 Å². The van der Waals surface area contributed by atoms with E-state index in [9.17, 15) is 14.4 Å². The number of fused-ring (bicyclic) bond motifs is 8. The number of methoxy groups -OCH3 is 1. The second-order valence-electron chi connectivity index (χ2n) is 15.4. The Morgan fingerprint density at radius 1 is 0.842 bits per heavy atom. The molecule has 3 aromatic rings. The molecule has 0 saturated heterocycles. The molecule has 0 aromatic carbocycles. The van der Waals surface area contributed by atoms with Gasteiger partial charge < -0.3 is 30.9 Å². The number of allylic oxidation sites excluding steroid dienone is 2. The molecule has 2 unspecified atom stereocenters. The number of aliphatic carboxylic acids is 1. The van der Waals surface area contributed by atoms with Crippen molar-refractivity contribution in [1.82, 2.24) is 25.3 Å². The van der Waals surface area contributed by atoms with Crippen LogP contribution in [-0.4, -0.2) is 62.6 Å². The van der Waals surface area contributed by atoms with Gasteiger partial charge in [-0.05, 0) is 106 Å².